The van der Waals surface area contributed by atoms with Crippen molar-refractivity contribution in [1.29, 1.82) is 0 Å². The molecule has 1 N–H and O–H groups in total. The molecule has 2 atom stereocenters. The highest BCUT2D eigenvalue weighted by Crippen LogP contribution is 2.28. The number of piperidine rings is 1. The first-order valence-corrected chi connectivity index (χ1v) is 9.72. The van der Waals surface area contributed by atoms with Crippen molar-refractivity contribution in [2.24, 2.45) is 0 Å². The molecule has 2 aromatic carbocycles. The third kappa shape index (κ3) is 3.29. The van der Waals surface area contributed by atoms with Gasteiger partial charge in [0.2, 0.25) is 5.91 Å². The van der Waals surface area contributed by atoms with Gasteiger partial charge in [-0.05, 0) is 37.0 Å². The van der Waals surface area contributed by atoms with Crippen LogP contribution in [-0.2, 0) is 4.79 Å². The number of carbonyl (C=O) groups is 1. The molecule has 1 saturated heterocycles. The van der Waals surface area contributed by atoms with Gasteiger partial charge in [0.15, 0.2) is 0 Å². The Morgan fingerprint density at radius 1 is 1.15 bits per heavy atom. The number of amides is 1. The Morgan fingerprint density at radius 2 is 1.89 bits per heavy atom. The Kier molecular flexibility index (Phi) is 4.84. The number of para-hydroxylation sites is 2. The monoisotopic (exact) mass is 363 g/mol. The first-order chi connectivity index (χ1) is 13.2. The van der Waals surface area contributed by atoms with Crippen LogP contribution in [0.3, 0.4) is 0 Å². The lowest BCUT2D eigenvalue weighted by molar-refractivity contribution is -0.134. The largest absolute Gasteiger partial charge is 0.340 e. The first-order valence-electron chi connectivity index (χ1n) is 9.72. The molecule has 1 amide bonds. The predicted octanol–water partition coefficient (Wildman–Crippen LogP) is 3.69. The number of benzene rings is 2. The van der Waals surface area contributed by atoms with Crippen LogP contribution in [0.25, 0.3) is 11.0 Å². The fourth-order valence-corrected chi connectivity index (χ4v) is 4.26. The predicted molar refractivity (Wildman–Crippen MR) is 107 cm³/mol. The van der Waals surface area contributed by atoms with Crippen LogP contribution in [0.2, 0.25) is 0 Å². The van der Waals surface area contributed by atoms with E-state index in [1.165, 1.54) is 0 Å². The molecule has 27 heavy (non-hydrogen) atoms. The number of aromatic nitrogens is 2. The van der Waals surface area contributed by atoms with Crippen molar-refractivity contribution < 1.29 is 4.79 Å². The maximum atomic E-state index is 13.2. The fraction of sp³-hybridized carbons (Fsp3) is 0.364. The zero-order valence-electron chi connectivity index (χ0n) is 15.6. The number of nitrogens with one attached hydrogen (secondary N) is 1. The Labute approximate surface area is 158 Å². The van der Waals surface area contributed by atoms with E-state index < -0.39 is 0 Å². The summed E-state index contributed by atoms with van der Waals surface area (Å²) in [5.74, 6) is 0.0472. The molecular weight excluding hydrogens is 338 g/mol. The van der Waals surface area contributed by atoms with E-state index in [1.54, 1.807) is 0 Å². The van der Waals surface area contributed by atoms with E-state index in [0.717, 1.165) is 42.4 Å². The molecule has 3 aromatic rings. The number of imidazole rings is 1. The lowest BCUT2D eigenvalue weighted by Gasteiger charge is -2.35. The van der Waals surface area contributed by atoms with E-state index in [-0.39, 0.29) is 23.6 Å². The van der Waals surface area contributed by atoms with Gasteiger partial charge in [-0.1, -0.05) is 49.4 Å². The van der Waals surface area contributed by atoms with Crippen LogP contribution in [0.5, 0.6) is 0 Å². The normalized spacial score (nSPS) is 18.6. The van der Waals surface area contributed by atoms with Crippen LogP contribution in [0.15, 0.2) is 59.4 Å². The molecule has 2 heterocycles. The van der Waals surface area contributed by atoms with Gasteiger partial charge in [0.1, 0.15) is 0 Å². The highest BCUT2D eigenvalue weighted by atomic mass is 16.2. The van der Waals surface area contributed by atoms with Crippen molar-refractivity contribution in [2.75, 3.05) is 13.1 Å². The minimum atomic E-state index is -0.121. The molecule has 1 fully saturated rings. The molecule has 1 aliphatic rings. The maximum absolute atomic E-state index is 13.2. The van der Waals surface area contributed by atoms with Crippen molar-refractivity contribution >= 4 is 16.9 Å². The summed E-state index contributed by atoms with van der Waals surface area (Å²) in [5, 5.41) is 0. The van der Waals surface area contributed by atoms with E-state index in [4.69, 9.17) is 0 Å². The topological polar surface area (TPSA) is 58.1 Å². The minimum absolute atomic E-state index is 0.0135. The van der Waals surface area contributed by atoms with Crippen molar-refractivity contribution in [2.45, 2.75) is 38.1 Å². The molecule has 0 bridgehead atoms. The Hall–Kier alpha value is -2.82. The molecule has 0 spiro atoms. The summed E-state index contributed by atoms with van der Waals surface area (Å²) in [5.41, 5.74) is 2.74. The number of nitrogens with zero attached hydrogens (tertiary/aromatic N) is 2. The number of hydrogen-bond acceptors (Lipinski definition) is 2. The van der Waals surface area contributed by atoms with Crippen molar-refractivity contribution in [1.82, 2.24) is 14.5 Å². The first kappa shape index (κ1) is 17.6. The number of hydrogen-bond donors (Lipinski definition) is 1. The minimum Gasteiger partial charge on any atom is -0.340 e. The summed E-state index contributed by atoms with van der Waals surface area (Å²) >= 11 is 0. The molecule has 5 heteroatoms. The number of rotatable bonds is 4. The van der Waals surface area contributed by atoms with Crippen LogP contribution in [0.4, 0.5) is 0 Å². The van der Waals surface area contributed by atoms with Gasteiger partial charge in [-0.2, -0.15) is 0 Å². The van der Waals surface area contributed by atoms with Crippen molar-refractivity contribution in [3.8, 4) is 0 Å². The maximum Gasteiger partial charge on any atom is 0.326 e. The molecule has 0 unspecified atom stereocenters. The van der Waals surface area contributed by atoms with Gasteiger partial charge >= 0.3 is 5.69 Å². The third-order valence-corrected chi connectivity index (χ3v) is 5.61. The van der Waals surface area contributed by atoms with Gasteiger partial charge in [-0.15, -0.1) is 0 Å². The summed E-state index contributed by atoms with van der Waals surface area (Å²) in [7, 11) is 0. The summed E-state index contributed by atoms with van der Waals surface area (Å²) < 4.78 is 1.83. The van der Waals surface area contributed by atoms with Gasteiger partial charge < -0.3 is 9.88 Å². The second-order valence-corrected chi connectivity index (χ2v) is 7.27. The molecule has 140 valence electrons. The molecule has 1 aromatic heterocycles. The molecular formula is C22H25N3O2. The zero-order chi connectivity index (χ0) is 18.8. The third-order valence-electron chi connectivity index (χ3n) is 5.61. The summed E-state index contributed by atoms with van der Waals surface area (Å²) in [6, 6.07) is 17.8. The molecule has 4 rings (SSSR count). The van der Waals surface area contributed by atoms with E-state index in [1.807, 2.05) is 64.1 Å². The second-order valence-electron chi connectivity index (χ2n) is 7.27. The average Bonchev–Trinajstić information content (AvgIpc) is 3.05. The van der Waals surface area contributed by atoms with E-state index in [9.17, 15) is 9.59 Å². The molecule has 0 saturated carbocycles. The van der Waals surface area contributed by atoms with Crippen LogP contribution in [0.1, 0.15) is 43.7 Å². The Bertz CT molecular complexity index is 989. The van der Waals surface area contributed by atoms with Crippen LogP contribution in [-0.4, -0.2) is 33.4 Å². The van der Waals surface area contributed by atoms with E-state index in [2.05, 4.69) is 11.9 Å². The summed E-state index contributed by atoms with van der Waals surface area (Å²) in [6.45, 7) is 3.40. The molecule has 0 aliphatic carbocycles. The molecule has 0 radical (unpaired) electrons. The van der Waals surface area contributed by atoms with Crippen molar-refractivity contribution in [3.05, 3.63) is 70.6 Å². The number of carbonyl (C=O) groups excluding carboxylic acids is 1. The van der Waals surface area contributed by atoms with E-state index >= 15 is 0 Å². The molecule has 1 aliphatic heterocycles. The van der Waals surface area contributed by atoms with Crippen molar-refractivity contribution in [3.63, 3.8) is 0 Å². The number of fused-ring (bicyclic) bond motifs is 1. The van der Waals surface area contributed by atoms with Gasteiger partial charge in [0.05, 0.1) is 23.0 Å². The van der Waals surface area contributed by atoms with Gasteiger partial charge in [0, 0.05) is 13.1 Å². The average molecular weight is 363 g/mol. The molecule has 5 nitrogen and oxygen atoms in total. The highest BCUT2D eigenvalue weighted by Gasteiger charge is 2.30. The van der Waals surface area contributed by atoms with Crippen LogP contribution < -0.4 is 5.69 Å². The lowest BCUT2D eigenvalue weighted by Crippen LogP contribution is -2.44. The van der Waals surface area contributed by atoms with Gasteiger partial charge in [0.25, 0.3) is 0 Å². The summed E-state index contributed by atoms with van der Waals surface area (Å²) in [6.07, 6.45) is 2.60. The number of aromatic amines is 1. The number of likely N-dealkylation sites (tertiary alicyclic amines) is 1. The lowest BCUT2D eigenvalue weighted by atomic mass is 9.93. The fourth-order valence-electron chi connectivity index (χ4n) is 4.26. The smallest absolute Gasteiger partial charge is 0.326 e. The Balaban J connectivity index is 1.60. The Morgan fingerprint density at radius 3 is 2.67 bits per heavy atom. The highest BCUT2D eigenvalue weighted by molar-refractivity contribution is 5.84. The number of H-pyrrole nitrogens is 1. The van der Waals surface area contributed by atoms with Gasteiger partial charge in [-0.25, -0.2) is 4.79 Å². The second kappa shape index (κ2) is 7.43. The standard InChI is InChI=1S/C22H25N3O2/c1-2-18(16-9-4-3-5-10-16)21(26)24-14-8-11-17(15-24)25-20-13-7-6-12-19(20)23-22(25)27/h3-7,9-10,12-13,17-18H,2,8,11,14-15H2,1H3,(H,23,27)/t17-,18-/m0/s1. The SMILES string of the molecule is CC[C@H](C(=O)N1CCC[C@H](n2c(=O)[nH]c3ccccc32)C1)c1ccccc1. The zero-order valence-corrected chi connectivity index (χ0v) is 15.6. The van der Waals surface area contributed by atoms with E-state index in [0.29, 0.717) is 6.54 Å². The summed E-state index contributed by atoms with van der Waals surface area (Å²) in [4.78, 5) is 30.6. The van der Waals surface area contributed by atoms with Crippen LogP contribution >= 0.6 is 0 Å². The quantitative estimate of drug-likeness (QED) is 0.769. The van der Waals surface area contributed by atoms with Crippen LogP contribution in [0, 0.1) is 0 Å². The van der Waals surface area contributed by atoms with Gasteiger partial charge in [-0.3, -0.25) is 9.36 Å².